The highest BCUT2D eigenvalue weighted by Gasteiger charge is 2.40. The molecule has 1 aromatic carbocycles. The fourth-order valence-electron chi connectivity index (χ4n) is 6.20. The predicted octanol–water partition coefficient (Wildman–Crippen LogP) is 5.26. The topological polar surface area (TPSA) is 51.7 Å². The number of benzene rings is 1. The van der Waals surface area contributed by atoms with Crippen molar-refractivity contribution in [3.63, 3.8) is 0 Å². The molecule has 3 saturated heterocycles. The molecule has 6 nitrogen and oxygen atoms in total. The van der Waals surface area contributed by atoms with Crippen molar-refractivity contribution in [2.75, 3.05) is 56.0 Å². The summed E-state index contributed by atoms with van der Waals surface area (Å²) in [6.07, 6.45) is -1.47. The molecule has 0 saturated carbocycles. The normalized spacial score (nSPS) is 22.8. The number of hydrogen-bond donors (Lipinski definition) is 1. The van der Waals surface area contributed by atoms with Crippen LogP contribution in [0.1, 0.15) is 51.2 Å². The van der Waals surface area contributed by atoms with Gasteiger partial charge >= 0.3 is 6.18 Å². The molecule has 39 heavy (non-hydrogen) atoms. The van der Waals surface area contributed by atoms with Crippen molar-refractivity contribution in [2.24, 2.45) is 11.8 Å². The maximum Gasteiger partial charge on any atom is 0.417 e. The molecule has 212 valence electrons. The van der Waals surface area contributed by atoms with Crippen LogP contribution in [0.25, 0.3) is 0 Å². The van der Waals surface area contributed by atoms with E-state index in [-0.39, 0.29) is 17.4 Å². The van der Waals surface area contributed by atoms with Crippen molar-refractivity contribution in [3.8, 4) is 0 Å². The average molecular weight is 544 g/mol. The molecule has 0 bridgehead atoms. The van der Waals surface area contributed by atoms with Gasteiger partial charge in [-0.15, -0.1) is 0 Å². The summed E-state index contributed by atoms with van der Waals surface area (Å²) >= 11 is 0. The summed E-state index contributed by atoms with van der Waals surface area (Å²) in [5.74, 6) is 1.94. The first-order valence-electron chi connectivity index (χ1n) is 14.1. The summed E-state index contributed by atoms with van der Waals surface area (Å²) < 4.78 is 38.2. The Morgan fingerprint density at radius 1 is 0.923 bits per heavy atom. The molecular weight excluding hydrogens is 503 g/mol. The smallest absolute Gasteiger partial charge is 0.371 e. The third-order valence-electron chi connectivity index (χ3n) is 8.59. The summed E-state index contributed by atoms with van der Waals surface area (Å²) in [4.78, 5) is 23.7. The molecule has 1 N–H and O–H groups in total. The van der Waals surface area contributed by atoms with E-state index in [0.717, 1.165) is 57.8 Å². The minimum atomic E-state index is -4.38. The number of halogens is 3. The third kappa shape index (κ3) is 6.68. The van der Waals surface area contributed by atoms with Crippen LogP contribution >= 0.6 is 0 Å². The quantitative estimate of drug-likeness (QED) is 0.539. The average Bonchev–Trinajstić information content (AvgIpc) is 3.46. The Labute approximate surface area is 229 Å². The lowest BCUT2D eigenvalue weighted by molar-refractivity contribution is -0.137. The number of alkyl halides is 3. The molecule has 9 heteroatoms. The Morgan fingerprint density at radius 3 is 2.08 bits per heavy atom. The molecule has 2 aromatic rings. The monoisotopic (exact) mass is 543 g/mol. The maximum atomic E-state index is 12.9. The summed E-state index contributed by atoms with van der Waals surface area (Å²) in [6, 6.07) is 11.5. The zero-order valence-electron chi connectivity index (χ0n) is 23.2. The van der Waals surface area contributed by atoms with Gasteiger partial charge in [0.1, 0.15) is 5.82 Å². The first-order valence-corrected chi connectivity index (χ1v) is 14.1. The van der Waals surface area contributed by atoms with E-state index in [1.807, 2.05) is 4.90 Å². The Morgan fingerprint density at radius 2 is 1.54 bits per heavy atom. The van der Waals surface area contributed by atoms with E-state index in [0.29, 0.717) is 37.2 Å². The summed E-state index contributed by atoms with van der Waals surface area (Å²) in [5.41, 5.74) is 2.08. The fourth-order valence-corrected chi connectivity index (χ4v) is 6.20. The van der Waals surface area contributed by atoms with Gasteiger partial charge in [-0.3, -0.25) is 4.79 Å². The van der Waals surface area contributed by atoms with Gasteiger partial charge in [-0.25, -0.2) is 4.98 Å². The van der Waals surface area contributed by atoms with Crippen LogP contribution in [0.2, 0.25) is 0 Å². The minimum absolute atomic E-state index is 0.101. The first-order chi connectivity index (χ1) is 18.5. The van der Waals surface area contributed by atoms with Crippen LogP contribution in [-0.4, -0.2) is 72.5 Å². The van der Waals surface area contributed by atoms with Gasteiger partial charge in [0.25, 0.3) is 0 Å². The number of piperidine rings is 1. The highest BCUT2D eigenvalue weighted by molar-refractivity contribution is 5.76. The van der Waals surface area contributed by atoms with E-state index in [1.165, 1.54) is 17.3 Å². The molecular formula is C30H40F3N5O. The molecule has 0 radical (unpaired) electrons. The van der Waals surface area contributed by atoms with Crippen LogP contribution in [0.4, 0.5) is 24.7 Å². The van der Waals surface area contributed by atoms with Gasteiger partial charge in [-0.2, -0.15) is 13.2 Å². The zero-order valence-corrected chi connectivity index (χ0v) is 23.2. The lowest BCUT2D eigenvalue weighted by atomic mass is 9.87. The highest BCUT2D eigenvalue weighted by Crippen LogP contribution is 2.35. The summed E-state index contributed by atoms with van der Waals surface area (Å²) in [5, 5.41) is 3.21. The van der Waals surface area contributed by atoms with Gasteiger partial charge in [0.15, 0.2) is 0 Å². The van der Waals surface area contributed by atoms with E-state index in [4.69, 9.17) is 0 Å². The molecule has 4 heterocycles. The largest absolute Gasteiger partial charge is 0.417 e. The van der Waals surface area contributed by atoms with E-state index >= 15 is 0 Å². The Kier molecular flexibility index (Phi) is 7.82. The molecule has 1 amide bonds. The number of rotatable bonds is 6. The van der Waals surface area contributed by atoms with E-state index in [9.17, 15) is 18.0 Å². The summed E-state index contributed by atoms with van der Waals surface area (Å²) in [7, 11) is 0. The first kappa shape index (κ1) is 27.7. The van der Waals surface area contributed by atoms with Crippen molar-refractivity contribution >= 4 is 17.4 Å². The predicted molar refractivity (Wildman–Crippen MR) is 148 cm³/mol. The summed E-state index contributed by atoms with van der Waals surface area (Å²) in [6.45, 7) is 13.1. The minimum Gasteiger partial charge on any atom is -0.371 e. The number of carbonyl (C=O) groups excluding carboxylic acids is 1. The second kappa shape index (κ2) is 11.0. The van der Waals surface area contributed by atoms with Crippen LogP contribution < -0.4 is 10.2 Å². The van der Waals surface area contributed by atoms with Gasteiger partial charge in [0.05, 0.1) is 5.56 Å². The lowest BCUT2D eigenvalue weighted by Gasteiger charge is -2.33. The molecule has 3 aliphatic heterocycles. The van der Waals surface area contributed by atoms with Crippen LogP contribution in [-0.2, 0) is 16.4 Å². The number of anilines is 2. The van der Waals surface area contributed by atoms with Gasteiger partial charge < -0.3 is 20.0 Å². The second-order valence-corrected chi connectivity index (χ2v) is 12.5. The standard InChI is InChI=1S/C30H40F3N5O/c1-29(2,3)23-4-7-26(8-5-23)38-19-21-17-36(18-22(21)20-38)13-12-28(39)37-14-10-25(11-15-37)35-27-9-6-24(16-34-27)30(31,32)33/h4-9,16,21-22,25H,10-15,17-20H2,1-3H3,(H,34,35). The number of amides is 1. The van der Waals surface area contributed by atoms with E-state index in [2.05, 4.69) is 65.1 Å². The number of nitrogens with one attached hydrogen (secondary N) is 1. The zero-order chi connectivity index (χ0) is 27.8. The SMILES string of the molecule is CC(C)(C)c1ccc(N2CC3CN(CCC(=O)N4CCC(Nc5ccc(C(F)(F)F)cn5)CC4)CC3C2)cc1. The van der Waals surface area contributed by atoms with Gasteiger partial charge in [-0.05, 0) is 59.9 Å². The maximum absolute atomic E-state index is 12.9. The number of hydrogen-bond acceptors (Lipinski definition) is 5. The third-order valence-corrected chi connectivity index (χ3v) is 8.59. The van der Waals surface area contributed by atoms with Crippen LogP contribution in [0.5, 0.6) is 0 Å². The van der Waals surface area contributed by atoms with Crippen molar-refractivity contribution in [2.45, 2.75) is 57.7 Å². The lowest BCUT2D eigenvalue weighted by Crippen LogP contribution is -2.43. The van der Waals surface area contributed by atoms with Crippen molar-refractivity contribution in [1.29, 1.82) is 0 Å². The number of pyridine rings is 1. The van der Waals surface area contributed by atoms with Gasteiger partial charge in [-0.1, -0.05) is 32.9 Å². The molecule has 5 rings (SSSR count). The number of nitrogens with zero attached hydrogens (tertiary/aromatic N) is 4. The molecule has 0 spiro atoms. The molecule has 2 unspecified atom stereocenters. The number of aromatic nitrogens is 1. The fraction of sp³-hybridized carbons (Fsp3) is 0.600. The highest BCUT2D eigenvalue weighted by atomic mass is 19.4. The van der Waals surface area contributed by atoms with Gasteiger partial charge in [0.2, 0.25) is 5.91 Å². The van der Waals surface area contributed by atoms with Crippen molar-refractivity contribution in [1.82, 2.24) is 14.8 Å². The molecule has 3 fully saturated rings. The number of fused-ring (bicyclic) bond motifs is 1. The Hall–Kier alpha value is -2.81. The molecule has 2 atom stereocenters. The number of likely N-dealkylation sites (tertiary alicyclic amines) is 2. The van der Waals surface area contributed by atoms with E-state index < -0.39 is 11.7 Å². The second-order valence-electron chi connectivity index (χ2n) is 12.5. The van der Waals surface area contributed by atoms with Crippen LogP contribution in [0.15, 0.2) is 42.6 Å². The van der Waals surface area contributed by atoms with Crippen molar-refractivity contribution in [3.05, 3.63) is 53.7 Å². The van der Waals surface area contributed by atoms with Crippen molar-refractivity contribution < 1.29 is 18.0 Å². The molecule has 0 aliphatic carbocycles. The van der Waals surface area contributed by atoms with Gasteiger partial charge in [0, 0.05) is 70.2 Å². The molecule has 1 aromatic heterocycles. The molecule has 3 aliphatic rings. The van der Waals surface area contributed by atoms with Crippen LogP contribution in [0.3, 0.4) is 0 Å². The number of carbonyl (C=O) groups is 1. The van der Waals surface area contributed by atoms with Crippen LogP contribution in [0, 0.1) is 11.8 Å². The van der Waals surface area contributed by atoms with E-state index in [1.54, 1.807) is 0 Å². The Bertz CT molecular complexity index is 1110. The Balaban J connectivity index is 1.01.